The number of halogens is 1. The van der Waals surface area contributed by atoms with Crippen LogP contribution in [-0.4, -0.2) is 11.8 Å². The molecule has 26 heavy (non-hydrogen) atoms. The van der Waals surface area contributed by atoms with Crippen molar-refractivity contribution < 1.29 is 14.0 Å². The van der Waals surface area contributed by atoms with Crippen LogP contribution < -0.4 is 10.6 Å². The quantitative estimate of drug-likeness (QED) is 0.866. The van der Waals surface area contributed by atoms with E-state index in [9.17, 15) is 14.0 Å². The third-order valence-electron chi connectivity index (χ3n) is 5.95. The van der Waals surface area contributed by atoms with E-state index in [0.717, 1.165) is 48.9 Å². The molecule has 132 valence electrons. The van der Waals surface area contributed by atoms with Crippen LogP contribution in [0.3, 0.4) is 0 Å². The highest BCUT2D eigenvalue weighted by Crippen LogP contribution is 2.56. The normalized spacial score (nSPS) is 19.7. The first kappa shape index (κ1) is 15.6. The van der Waals surface area contributed by atoms with Crippen molar-refractivity contribution in [3.8, 4) is 0 Å². The summed E-state index contributed by atoms with van der Waals surface area (Å²) in [6.07, 6.45) is 5.02. The molecule has 2 N–H and O–H groups in total. The van der Waals surface area contributed by atoms with E-state index in [1.165, 1.54) is 24.3 Å². The smallest absolute Gasteiger partial charge is 0.255 e. The molecule has 0 atom stereocenters. The van der Waals surface area contributed by atoms with Crippen molar-refractivity contribution in [3.05, 3.63) is 58.9 Å². The minimum atomic E-state index is -0.407. The Kier molecular flexibility index (Phi) is 3.23. The molecule has 1 heterocycles. The number of rotatable bonds is 3. The van der Waals surface area contributed by atoms with E-state index in [0.29, 0.717) is 17.2 Å². The Morgan fingerprint density at radius 1 is 1.15 bits per heavy atom. The lowest BCUT2D eigenvalue weighted by molar-refractivity contribution is -0.123. The molecular formula is C21H19FN2O2. The number of benzene rings is 2. The summed E-state index contributed by atoms with van der Waals surface area (Å²) < 4.78 is 13.1. The number of carbonyl (C=O) groups excluding carboxylic acids is 2. The Morgan fingerprint density at radius 3 is 2.50 bits per heavy atom. The van der Waals surface area contributed by atoms with E-state index in [1.807, 2.05) is 12.1 Å². The largest absolute Gasteiger partial charge is 0.325 e. The molecule has 2 saturated carbocycles. The predicted octanol–water partition coefficient (Wildman–Crippen LogP) is 4.33. The lowest BCUT2D eigenvalue weighted by Crippen LogP contribution is -2.40. The molecule has 2 aliphatic carbocycles. The number of fused-ring (bicyclic) bond motifs is 2. The van der Waals surface area contributed by atoms with Gasteiger partial charge in [0.25, 0.3) is 5.91 Å². The molecule has 0 bridgehead atoms. The van der Waals surface area contributed by atoms with E-state index in [1.54, 1.807) is 0 Å². The molecule has 2 aromatic carbocycles. The standard InChI is InChI=1S/C21H19FN2O2/c22-14-6-4-13(5-7-14)19(25)23-15-10-16(12-2-3-12)18-17(11-15)21(8-1-9-21)20(26)24-18/h4-7,10-12H,1-3,8-9H2,(H,23,25)(H,24,26). The lowest BCUT2D eigenvalue weighted by Gasteiger charge is -2.36. The third kappa shape index (κ3) is 2.26. The molecule has 0 aromatic heterocycles. The third-order valence-corrected chi connectivity index (χ3v) is 5.95. The van der Waals surface area contributed by atoms with Crippen molar-refractivity contribution in [2.45, 2.75) is 43.4 Å². The fourth-order valence-corrected chi connectivity index (χ4v) is 4.16. The lowest BCUT2D eigenvalue weighted by atomic mass is 9.65. The first-order valence-electron chi connectivity index (χ1n) is 9.14. The highest BCUT2D eigenvalue weighted by Gasteiger charge is 2.52. The van der Waals surface area contributed by atoms with Crippen LogP contribution in [-0.2, 0) is 10.2 Å². The molecule has 4 nitrogen and oxygen atoms in total. The van der Waals surface area contributed by atoms with Gasteiger partial charge < -0.3 is 10.6 Å². The van der Waals surface area contributed by atoms with Crippen LogP contribution in [0.15, 0.2) is 36.4 Å². The van der Waals surface area contributed by atoms with E-state index in [2.05, 4.69) is 10.6 Å². The van der Waals surface area contributed by atoms with Crippen molar-refractivity contribution in [3.63, 3.8) is 0 Å². The predicted molar refractivity (Wildman–Crippen MR) is 96.9 cm³/mol. The van der Waals surface area contributed by atoms with Gasteiger partial charge in [0, 0.05) is 16.9 Å². The fraction of sp³-hybridized carbons (Fsp3) is 0.333. The van der Waals surface area contributed by atoms with Crippen LogP contribution in [0.2, 0.25) is 0 Å². The van der Waals surface area contributed by atoms with Crippen LogP contribution in [0.1, 0.15) is 59.5 Å². The molecule has 0 unspecified atom stereocenters. The van der Waals surface area contributed by atoms with Crippen LogP contribution in [0.5, 0.6) is 0 Å². The molecule has 2 fully saturated rings. The summed E-state index contributed by atoms with van der Waals surface area (Å²) in [6.45, 7) is 0. The zero-order valence-corrected chi connectivity index (χ0v) is 14.3. The molecule has 0 radical (unpaired) electrons. The minimum absolute atomic E-state index is 0.0997. The molecule has 1 aliphatic heterocycles. The van der Waals surface area contributed by atoms with Gasteiger partial charge in [0.05, 0.1) is 5.41 Å². The van der Waals surface area contributed by atoms with Gasteiger partial charge >= 0.3 is 0 Å². The average molecular weight is 350 g/mol. The van der Waals surface area contributed by atoms with Crippen molar-refractivity contribution in [2.24, 2.45) is 0 Å². The van der Waals surface area contributed by atoms with Gasteiger partial charge in [-0.3, -0.25) is 9.59 Å². The fourth-order valence-electron chi connectivity index (χ4n) is 4.16. The number of carbonyl (C=O) groups is 2. The molecule has 2 amide bonds. The minimum Gasteiger partial charge on any atom is -0.325 e. The summed E-state index contributed by atoms with van der Waals surface area (Å²) >= 11 is 0. The zero-order valence-electron chi connectivity index (χ0n) is 14.3. The number of amides is 2. The van der Waals surface area contributed by atoms with Gasteiger partial charge in [-0.25, -0.2) is 4.39 Å². The summed E-state index contributed by atoms with van der Waals surface area (Å²) in [5, 5.41) is 6.04. The number of nitrogens with one attached hydrogen (secondary N) is 2. The Labute approximate surface area is 150 Å². The Bertz CT molecular complexity index is 928. The summed E-state index contributed by atoms with van der Waals surface area (Å²) in [4.78, 5) is 25.1. The van der Waals surface area contributed by atoms with E-state index < -0.39 is 5.41 Å². The van der Waals surface area contributed by atoms with Crippen LogP contribution in [0, 0.1) is 5.82 Å². The second-order valence-electron chi connectivity index (χ2n) is 7.61. The van der Waals surface area contributed by atoms with Gasteiger partial charge in [0.15, 0.2) is 0 Å². The van der Waals surface area contributed by atoms with Gasteiger partial charge in [0.1, 0.15) is 5.82 Å². The highest BCUT2D eigenvalue weighted by molar-refractivity contribution is 6.09. The van der Waals surface area contributed by atoms with Crippen LogP contribution in [0.4, 0.5) is 15.8 Å². The second-order valence-corrected chi connectivity index (χ2v) is 7.61. The molecule has 3 aliphatic rings. The molecule has 5 rings (SSSR count). The Hall–Kier alpha value is -2.69. The van der Waals surface area contributed by atoms with Gasteiger partial charge in [-0.15, -0.1) is 0 Å². The van der Waals surface area contributed by atoms with Crippen molar-refractivity contribution in [2.75, 3.05) is 10.6 Å². The maximum atomic E-state index is 13.1. The monoisotopic (exact) mass is 350 g/mol. The first-order valence-corrected chi connectivity index (χ1v) is 9.14. The van der Waals surface area contributed by atoms with E-state index >= 15 is 0 Å². The zero-order chi connectivity index (χ0) is 17.9. The van der Waals surface area contributed by atoms with Crippen molar-refractivity contribution >= 4 is 23.2 Å². The molecule has 0 saturated heterocycles. The second kappa shape index (κ2) is 5.40. The van der Waals surface area contributed by atoms with Crippen LogP contribution >= 0.6 is 0 Å². The first-order chi connectivity index (χ1) is 12.6. The topological polar surface area (TPSA) is 58.2 Å². The number of hydrogen-bond donors (Lipinski definition) is 2. The Morgan fingerprint density at radius 2 is 1.88 bits per heavy atom. The average Bonchev–Trinajstić information content (AvgIpc) is 3.36. The SMILES string of the molecule is O=C(Nc1cc(C2CC2)c2c(c1)C1(CCC1)C(=O)N2)c1ccc(F)cc1. The summed E-state index contributed by atoms with van der Waals surface area (Å²) in [5.74, 6) is -0.0807. The number of anilines is 2. The van der Waals surface area contributed by atoms with E-state index in [4.69, 9.17) is 0 Å². The van der Waals surface area contributed by atoms with Gasteiger partial charge in [-0.05, 0) is 79.1 Å². The van der Waals surface area contributed by atoms with Crippen molar-refractivity contribution in [1.82, 2.24) is 0 Å². The highest BCUT2D eigenvalue weighted by atomic mass is 19.1. The van der Waals surface area contributed by atoms with Crippen molar-refractivity contribution in [1.29, 1.82) is 0 Å². The van der Waals surface area contributed by atoms with Crippen LogP contribution in [0.25, 0.3) is 0 Å². The summed E-state index contributed by atoms with van der Waals surface area (Å²) in [6, 6.07) is 9.42. The van der Waals surface area contributed by atoms with Gasteiger partial charge in [-0.1, -0.05) is 6.42 Å². The maximum Gasteiger partial charge on any atom is 0.255 e. The maximum absolute atomic E-state index is 13.1. The molecule has 1 spiro atoms. The van der Waals surface area contributed by atoms with Gasteiger partial charge in [0.2, 0.25) is 5.91 Å². The molecule has 2 aromatic rings. The van der Waals surface area contributed by atoms with E-state index in [-0.39, 0.29) is 17.6 Å². The summed E-state index contributed by atoms with van der Waals surface area (Å²) in [5.41, 5.74) is 3.85. The number of hydrogen-bond acceptors (Lipinski definition) is 2. The summed E-state index contributed by atoms with van der Waals surface area (Å²) in [7, 11) is 0. The van der Waals surface area contributed by atoms with Gasteiger partial charge in [-0.2, -0.15) is 0 Å². The molecular weight excluding hydrogens is 331 g/mol. The molecule has 5 heteroatoms. The Balaban J connectivity index is 1.52.